The van der Waals surface area contributed by atoms with E-state index in [-0.39, 0.29) is 17.8 Å². The Morgan fingerprint density at radius 1 is 1.15 bits per heavy atom. The molecule has 0 saturated carbocycles. The lowest BCUT2D eigenvalue weighted by molar-refractivity contribution is 0.584. The quantitative estimate of drug-likeness (QED) is 0.603. The van der Waals surface area contributed by atoms with Crippen molar-refractivity contribution in [2.75, 3.05) is 11.1 Å². The highest BCUT2D eigenvalue weighted by Gasteiger charge is 2.20. The summed E-state index contributed by atoms with van der Waals surface area (Å²) < 4.78 is 25.1. The number of fused-ring (bicyclic) bond motifs is 1. The van der Waals surface area contributed by atoms with Gasteiger partial charge in [-0.15, -0.1) is 0 Å². The highest BCUT2D eigenvalue weighted by atomic mass is 32.2. The predicted molar refractivity (Wildman–Crippen MR) is 106 cm³/mol. The van der Waals surface area contributed by atoms with Gasteiger partial charge in [0, 0.05) is 5.69 Å². The van der Waals surface area contributed by atoms with Crippen molar-refractivity contribution in [1.29, 1.82) is 0 Å². The van der Waals surface area contributed by atoms with Gasteiger partial charge in [0.05, 0.1) is 16.7 Å². The summed E-state index contributed by atoms with van der Waals surface area (Å²) in [4.78, 5) is 4.72. The SMILES string of the molecule is CCC(CS(=O)(=O)c1ccccc1)N=C(N)Nc1ccc2c(c1)CCC2. The molecule has 3 rings (SSSR count). The Bertz CT molecular complexity index is 893. The zero-order chi connectivity index (χ0) is 18.6. The van der Waals surface area contributed by atoms with E-state index < -0.39 is 9.84 Å². The molecule has 1 atom stereocenters. The Morgan fingerprint density at radius 2 is 1.88 bits per heavy atom. The van der Waals surface area contributed by atoms with E-state index in [1.54, 1.807) is 30.3 Å². The molecule has 6 heteroatoms. The average molecular weight is 372 g/mol. The van der Waals surface area contributed by atoms with Gasteiger partial charge in [-0.1, -0.05) is 31.2 Å². The third kappa shape index (κ3) is 4.43. The van der Waals surface area contributed by atoms with E-state index >= 15 is 0 Å². The Labute approximate surface area is 155 Å². The molecular weight excluding hydrogens is 346 g/mol. The Balaban J connectivity index is 1.70. The van der Waals surface area contributed by atoms with Gasteiger partial charge in [-0.3, -0.25) is 0 Å². The van der Waals surface area contributed by atoms with E-state index in [0.29, 0.717) is 11.3 Å². The largest absolute Gasteiger partial charge is 0.370 e. The summed E-state index contributed by atoms with van der Waals surface area (Å²) >= 11 is 0. The van der Waals surface area contributed by atoms with Crippen LogP contribution in [0.2, 0.25) is 0 Å². The first kappa shape index (κ1) is 18.5. The second-order valence-corrected chi connectivity index (χ2v) is 8.67. The molecule has 0 heterocycles. The minimum absolute atomic E-state index is 0.0555. The smallest absolute Gasteiger partial charge is 0.193 e. The van der Waals surface area contributed by atoms with Crippen LogP contribution in [-0.2, 0) is 22.7 Å². The Hall–Kier alpha value is -2.34. The second-order valence-electron chi connectivity index (χ2n) is 6.63. The molecule has 0 aromatic heterocycles. The van der Waals surface area contributed by atoms with Crippen molar-refractivity contribution in [3.8, 4) is 0 Å². The molecule has 1 aliphatic rings. The van der Waals surface area contributed by atoms with E-state index in [9.17, 15) is 8.42 Å². The zero-order valence-corrected chi connectivity index (χ0v) is 15.8. The minimum atomic E-state index is -3.39. The van der Waals surface area contributed by atoms with E-state index in [1.165, 1.54) is 17.5 Å². The number of hydrogen-bond acceptors (Lipinski definition) is 3. The van der Waals surface area contributed by atoms with Crippen molar-refractivity contribution in [3.05, 3.63) is 59.7 Å². The van der Waals surface area contributed by atoms with Gasteiger partial charge < -0.3 is 11.1 Å². The van der Waals surface area contributed by atoms with Crippen molar-refractivity contribution in [3.63, 3.8) is 0 Å². The number of hydrogen-bond donors (Lipinski definition) is 2. The summed E-state index contributed by atoms with van der Waals surface area (Å²) in [6.45, 7) is 1.91. The average Bonchev–Trinajstić information content (AvgIpc) is 3.09. The Kier molecular flexibility index (Phi) is 5.61. The van der Waals surface area contributed by atoms with Gasteiger partial charge in [0.2, 0.25) is 0 Å². The van der Waals surface area contributed by atoms with Gasteiger partial charge in [0.1, 0.15) is 0 Å². The molecule has 0 amide bonds. The van der Waals surface area contributed by atoms with Crippen molar-refractivity contribution in [2.45, 2.75) is 43.5 Å². The molecule has 2 aromatic rings. The number of nitrogens with two attached hydrogens (primary N) is 1. The van der Waals surface area contributed by atoms with Crippen molar-refractivity contribution >= 4 is 21.5 Å². The predicted octanol–water partition coefficient (Wildman–Crippen LogP) is 3.15. The normalized spacial score (nSPS) is 15.5. The van der Waals surface area contributed by atoms with Crippen LogP contribution >= 0.6 is 0 Å². The molecule has 3 N–H and O–H groups in total. The van der Waals surface area contributed by atoms with Crippen molar-refractivity contribution < 1.29 is 8.42 Å². The van der Waals surface area contributed by atoms with Gasteiger partial charge in [0.15, 0.2) is 15.8 Å². The van der Waals surface area contributed by atoms with Crippen LogP contribution in [0.15, 0.2) is 58.4 Å². The lowest BCUT2D eigenvalue weighted by atomic mass is 10.1. The molecule has 5 nitrogen and oxygen atoms in total. The highest BCUT2D eigenvalue weighted by Crippen LogP contribution is 2.24. The molecule has 138 valence electrons. The Morgan fingerprint density at radius 3 is 2.62 bits per heavy atom. The van der Waals surface area contributed by atoms with E-state index in [0.717, 1.165) is 18.5 Å². The molecule has 0 aliphatic heterocycles. The molecule has 1 unspecified atom stereocenters. The first-order chi connectivity index (χ1) is 12.5. The number of nitrogens with zero attached hydrogens (tertiary/aromatic N) is 1. The van der Waals surface area contributed by atoms with Crippen LogP contribution in [0.4, 0.5) is 5.69 Å². The molecule has 26 heavy (non-hydrogen) atoms. The second kappa shape index (κ2) is 7.91. The lowest BCUT2D eigenvalue weighted by Gasteiger charge is -2.14. The minimum Gasteiger partial charge on any atom is -0.370 e. The summed E-state index contributed by atoms with van der Waals surface area (Å²) in [6, 6.07) is 14.3. The van der Waals surface area contributed by atoms with E-state index in [2.05, 4.69) is 22.4 Å². The molecule has 0 bridgehead atoms. The zero-order valence-electron chi connectivity index (χ0n) is 15.0. The summed E-state index contributed by atoms with van der Waals surface area (Å²) in [5, 5.41) is 3.09. The van der Waals surface area contributed by atoms with Crippen LogP contribution in [0.25, 0.3) is 0 Å². The lowest BCUT2D eigenvalue weighted by Crippen LogP contribution is -2.28. The number of nitrogens with one attached hydrogen (secondary N) is 1. The van der Waals surface area contributed by atoms with Gasteiger partial charge in [0.25, 0.3) is 0 Å². The van der Waals surface area contributed by atoms with E-state index in [4.69, 9.17) is 5.73 Å². The van der Waals surface area contributed by atoms with Crippen LogP contribution in [0.5, 0.6) is 0 Å². The fraction of sp³-hybridized carbons (Fsp3) is 0.350. The van der Waals surface area contributed by atoms with Crippen LogP contribution < -0.4 is 11.1 Å². The number of guanidine groups is 1. The molecule has 0 radical (unpaired) electrons. The van der Waals surface area contributed by atoms with Gasteiger partial charge in [-0.2, -0.15) is 0 Å². The molecule has 0 saturated heterocycles. The first-order valence-electron chi connectivity index (χ1n) is 8.98. The van der Waals surface area contributed by atoms with Crippen LogP contribution in [0.1, 0.15) is 30.9 Å². The maximum Gasteiger partial charge on any atom is 0.193 e. The number of sulfone groups is 1. The monoisotopic (exact) mass is 371 g/mol. The fourth-order valence-corrected chi connectivity index (χ4v) is 4.83. The first-order valence-corrected chi connectivity index (χ1v) is 10.6. The molecule has 2 aromatic carbocycles. The highest BCUT2D eigenvalue weighted by molar-refractivity contribution is 7.91. The number of aliphatic imine (C=N–C) groups is 1. The number of rotatable bonds is 6. The number of benzene rings is 2. The van der Waals surface area contributed by atoms with Crippen LogP contribution in [0.3, 0.4) is 0 Å². The fourth-order valence-electron chi connectivity index (χ4n) is 3.25. The van der Waals surface area contributed by atoms with Gasteiger partial charge >= 0.3 is 0 Å². The maximum atomic E-state index is 12.5. The maximum absolute atomic E-state index is 12.5. The van der Waals surface area contributed by atoms with E-state index in [1.807, 2.05) is 13.0 Å². The molecule has 0 fully saturated rings. The summed E-state index contributed by atoms with van der Waals surface area (Å²) in [6.07, 6.45) is 4.01. The summed E-state index contributed by atoms with van der Waals surface area (Å²) in [7, 11) is -3.39. The van der Waals surface area contributed by atoms with Crippen LogP contribution in [0, 0.1) is 0 Å². The molecule has 1 aliphatic carbocycles. The number of anilines is 1. The van der Waals surface area contributed by atoms with Crippen molar-refractivity contribution in [1.82, 2.24) is 0 Å². The van der Waals surface area contributed by atoms with Gasteiger partial charge in [-0.25, -0.2) is 13.4 Å². The standard InChI is InChI=1S/C20H25N3O2S/c1-2-17(14-26(24,25)19-9-4-3-5-10-19)22-20(21)23-18-12-11-15-7-6-8-16(15)13-18/h3-5,9-13,17H,2,6-8,14H2,1H3,(H3,21,22,23). The topological polar surface area (TPSA) is 84.5 Å². The summed E-state index contributed by atoms with van der Waals surface area (Å²) in [5.74, 6) is 0.193. The third-order valence-electron chi connectivity index (χ3n) is 4.68. The number of aryl methyl sites for hydroxylation is 2. The summed E-state index contributed by atoms with van der Waals surface area (Å²) in [5.41, 5.74) is 9.67. The molecule has 0 spiro atoms. The van der Waals surface area contributed by atoms with Crippen molar-refractivity contribution in [2.24, 2.45) is 10.7 Å². The molecular formula is C20H25N3O2S. The van der Waals surface area contributed by atoms with Crippen LogP contribution in [-0.4, -0.2) is 26.2 Å². The third-order valence-corrected chi connectivity index (χ3v) is 6.49. The van der Waals surface area contributed by atoms with Gasteiger partial charge in [-0.05, 0) is 61.1 Å².